The van der Waals surface area contributed by atoms with E-state index in [4.69, 9.17) is 5.73 Å². The van der Waals surface area contributed by atoms with Crippen LogP contribution in [0.5, 0.6) is 0 Å². The average Bonchev–Trinajstić information content (AvgIpc) is 2.79. The largest absolute Gasteiger partial charge is 0.390 e. The molecule has 0 fully saturated rings. The lowest BCUT2D eigenvalue weighted by atomic mass is 9.96. The van der Waals surface area contributed by atoms with Gasteiger partial charge in [-0.2, -0.15) is 0 Å². The molecule has 1 aromatic heterocycles. The molecule has 17 heavy (non-hydrogen) atoms. The van der Waals surface area contributed by atoms with Gasteiger partial charge in [-0.1, -0.05) is 23.8 Å². The summed E-state index contributed by atoms with van der Waals surface area (Å²) >= 11 is 1.79. The van der Waals surface area contributed by atoms with Crippen molar-refractivity contribution in [1.82, 2.24) is 0 Å². The van der Waals surface area contributed by atoms with Gasteiger partial charge in [0.2, 0.25) is 0 Å². The van der Waals surface area contributed by atoms with Crippen LogP contribution in [-0.2, 0) is 12.8 Å². The van der Waals surface area contributed by atoms with Crippen LogP contribution < -0.4 is 5.73 Å². The molecule has 1 aliphatic rings. The molecule has 2 aromatic rings. The van der Waals surface area contributed by atoms with E-state index in [9.17, 15) is 0 Å². The Morgan fingerprint density at radius 3 is 2.76 bits per heavy atom. The summed E-state index contributed by atoms with van der Waals surface area (Å²) < 4.78 is 0. The number of thiophene rings is 1. The first kappa shape index (κ1) is 10.8. The lowest BCUT2D eigenvalue weighted by Crippen LogP contribution is -1.91. The van der Waals surface area contributed by atoms with E-state index in [1.807, 2.05) is 0 Å². The van der Waals surface area contributed by atoms with Gasteiger partial charge in [-0.05, 0) is 49.8 Å². The Bertz CT molecular complexity index is 581. The van der Waals surface area contributed by atoms with Crippen molar-refractivity contribution in [3.8, 4) is 11.1 Å². The first-order valence-corrected chi connectivity index (χ1v) is 6.96. The minimum absolute atomic E-state index is 1.00. The van der Waals surface area contributed by atoms with Crippen LogP contribution in [0.3, 0.4) is 0 Å². The summed E-state index contributed by atoms with van der Waals surface area (Å²) in [5.41, 5.74) is 13.0. The summed E-state index contributed by atoms with van der Waals surface area (Å²) in [6, 6.07) is 6.65. The topological polar surface area (TPSA) is 26.0 Å². The fourth-order valence-corrected chi connectivity index (χ4v) is 3.99. The predicted molar refractivity (Wildman–Crippen MR) is 75.7 cm³/mol. The second-order valence-electron chi connectivity index (χ2n) is 4.91. The Labute approximate surface area is 106 Å². The number of aryl methyl sites for hydroxylation is 3. The van der Waals surface area contributed by atoms with Crippen LogP contribution in [0.25, 0.3) is 11.1 Å². The van der Waals surface area contributed by atoms with Crippen molar-refractivity contribution >= 4 is 16.3 Å². The van der Waals surface area contributed by atoms with Crippen molar-refractivity contribution in [3.05, 3.63) is 39.8 Å². The SMILES string of the molecule is Cc1ccc(-c2c(N)sc3c2CCC3)c(C)c1. The molecule has 3 rings (SSSR count). The van der Waals surface area contributed by atoms with E-state index in [0.29, 0.717) is 0 Å². The molecule has 88 valence electrons. The smallest absolute Gasteiger partial charge is 0.0941 e. The Balaban J connectivity index is 2.21. The van der Waals surface area contributed by atoms with Gasteiger partial charge < -0.3 is 5.73 Å². The fourth-order valence-electron chi connectivity index (χ4n) is 2.81. The maximum Gasteiger partial charge on any atom is 0.0941 e. The van der Waals surface area contributed by atoms with Crippen LogP contribution in [0.4, 0.5) is 5.00 Å². The number of fused-ring (bicyclic) bond motifs is 1. The molecule has 0 spiro atoms. The molecule has 0 amide bonds. The lowest BCUT2D eigenvalue weighted by molar-refractivity contribution is 0.915. The van der Waals surface area contributed by atoms with Crippen molar-refractivity contribution < 1.29 is 0 Å². The zero-order chi connectivity index (χ0) is 12.0. The van der Waals surface area contributed by atoms with Crippen molar-refractivity contribution in [2.45, 2.75) is 33.1 Å². The highest BCUT2D eigenvalue weighted by Gasteiger charge is 2.22. The van der Waals surface area contributed by atoms with Crippen LogP contribution in [0.2, 0.25) is 0 Å². The summed E-state index contributed by atoms with van der Waals surface area (Å²) in [4.78, 5) is 1.51. The summed E-state index contributed by atoms with van der Waals surface area (Å²) in [5.74, 6) is 0. The summed E-state index contributed by atoms with van der Waals surface area (Å²) in [6.45, 7) is 4.32. The zero-order valence-electron chi connectivity index (χ0n) is 10.3. The number of nitrogens with two attached hydrogens (primary N) is 1. The van der Waals surface area contributed by atoms with E-state index in [2.05, 4.69) is 32.0 Å². The van der Waals surface area contributed by atoms with Gasteiger partial charge in [0.05, 0.1) is 5.00 Å². The van der Waals surface area contributed by atoms with E-state index in [0.717, 1.165) is 5.00 Å². The maximum absolute atomic E-state index is 6.21. The highest BCUT2D eigenvalue weighted by molar-refractivity contribution is 7.16. The monoisotopic (exact) mass is 243 g/mol. The molecule has 0 aliphatic heterocycles. The van der Waals surface area contributed by atoms with Crippen LogP contribution in [0.15, 0.2) is 18.2 Å². The van der Waals surface area contributed by atoms with Crippen molar-refractivity contribution in [1.29, 1.82) is 0 Å². The molecule has 1 aromatic carbocycles. The molecule has 0 saturated heterocycles. The molecule has 0 bridgehead atoms. The average molecular weight is 243 g/mol. The van der Waals surface area contributed by atoms with Crippen molar-refractivity contribution in [2.75, 3.05) is 5.73 Å². The molecule has 0 saturated carbocycles. The van der Waals surface area contributed by atoms with Gasteiger partial charge in [0, 0.05) is 10.4 Å². The zero-order valence-corrected chi connectivity index (χ0v) is 11.2. The standard InChI is InChI=1S/C15H17NS/c1-9-6-7-11(10(2)8-9)14-12-4-3-5-13(12)17-15(14)16/h6-8H,3-5,16H2,1-2H3. The normalized spacial score (nSPS) is 14.0. The third-order valence-electron chi connectivity index (χ3n) is 3.60. The van der Waals surface area contributed by atoms with Crippen LogP contribution in [0.1, 0.15) is 28.0 Å². The van der Waals surface area contributed by atoms with Crippen molar-refractivity contribution in [3.63, 3.8) is 0 Å². The molecule has 2 heteroatoms. The third-order valence-corrected chi connectivity index (χ3v) is 4.72. The van der Waals surface area contributed by atoms with E-state index >= 15 is 0 Å². The Morgan fingerprint density at radius 1 is 1.18 bits per heavy atom. The molecule has 0 atom stereocenters. The van der Waals surface area contributed by atoms with Crippen LogP contribution >= 0.6 is 11.3 Å². The highest BCUT2D eigenvalue weighted by Crippen LogP contribution is 2.44. The molecule has 1 aliphatic carbocycles. The number of nitrogen functional groups attached to an aromatic ring is 1. The van der Waals surface area contributed by atoms with Gasteiger partial charge in [0.1, 0.15) is 0 Å². The molecule has 0 unspecified atom stereocenters. The quantitative estimate of drug-likeness (QED) is 0.801. The lowest BCUT2D eigenvalue weighted by Gasteiger charge is -2.09. The van der Waals surface area contributed by atoms with E-state index in [1.165, 1.54) is 52.0 Å². The first-order valence-electron chi connectivity index (χ1n) is 6.14. The summed E-state index contributed by atoms with van der Waals surface area (Å²) in [5, 5.41) is 1.00. The number of hydrogen-bond acceptors (Lipinski definition) is 2. The van der Waals surface area contributed by atoms with Gasteiger partial charge in [-0.3, -0.25) is 0 Å². The molecule has 1 nitrogen and oxygen atoms in total. The minimum Gasteiger partial charge on any atom is -0.390 e. The van der Waals surface area contributed by atoms with Gasteiger partial charge in [-0.25, -0.2) is 0 Å². The van der Waals surface area contributed by atoms with E-state index in [-0.39, 0.29) is 0 Å². The van der Waals surface area contributed by atoms with Crippen LogP contribution in [-0.4, -0.2) is 0 Å². The van der Waals surface area contributed by atoms with Gasteiger partial charge in [-0.15, -0.1) is 11.3 Å². The number of anilines is 1. The summed E-state index contributed by atoms with van der Waals surface area (Å²) in [7, 11) is 0. The highest BCUT2D eigenvalue weighted by atomic mass is 32.1. The predicted octanol–water partition coefficient (Wildman–Crippen LogP) is 4.10. The minimum atomic E-state index is 1.00. The van der Waals surface area contributed by atoms with Gasteiger partial charge in [0.25, 0.3) is 0 Å². The number of benzene rings is 1. The Morgan fingerprint density at radius 2 is 2.00 bits per heavy atom. The summed E-state index contributed by atoms with van der Waals surface area (Å²) in [6.07, 6.45) is 3.71. The molecule has 0 radical (unpaired) electrons. The maximum atomic E-state index is 6.21. The van der Waals surface area contributed by atoms with Gasteiger partial charge in [0.15, 0.2) is 0 Å². The Hall–Kier alpha value is -1.28. The Kier molecular flexibility index (Phi) is 2.48. The molecular formula is C15H17NS. The first-order chi connectivity index (χ1) is 8.16. The molecule has 2 N–H and O–H groups in total. The van der Waals surface area contributed by atoms with Crippen LogP contribution in [0, 0.1) is 13.8 Å². The number of hydrogen-bond donors (Lipinski definition) is 1. The third kappa shape index (κ3) is 1.67. The van der Waals surface area contributed by atoms with E-state index in [1.54, 1.807) is 11.3 Å². The second kappa shape index (κ2) is 3.88. The second-order valence-corrected chi connectivity index (χ2v) is 6.05. The molecular weight excluding hydrogens is 226 g/mol. The number of rotatable bonds is 1. The van der Waals surface area contributed by atoms with Gasteiger partial charge >= 0.3 is 0 Å². The van der Waals surface area contributed by atoms with E-state index < -0.39 is 0 Å². The van der Waals surface area contributed by atoms with Crippen molar-refractivity contribution in [2.24, 2.45) is 0 Å². The molecule has 1 heterocycles. The fraction of sp³-hybridized carbons (Fsp3) is 0.333.